The molecule has 1 atom stereocenters. The van der Waals surface area contributed by atoms with E-state index in [0.29, 0.717) is 12.5 Å². The van der Waals surface area contributed by atoms with Crippen molar-refractivity contribution in [3.05, 3.63) is 0 Å². The zero-order valence-corrected chi connectivity index (χ0v) is 10.1. The number of likely N-dealkylation sites (tertiary alicyclic amines) is 1. The first kappa shape index (κ1) is 11.9. The number of nitrogens with zero attached hydrogens (tertiary/aromatic N) is 1. The van der Waals surface area contributed by atoms with Crippen molar-refractivity contribution in [2.24, 2.45) is 5.73 Å². The smallest absolute Gasteiger partial charge is 0.221 e. The van der Waals surface area contributed by atoms with E-state index in [2.05, 4.69) is 10.2 Å². The molecule has 4 heteroatoms. The van der Waals surface area contributed by atoms with Gasteiger partial charge in [0.05, 0.1) is 0 Å². The summed E-state index contributed by atoms with van der Waals surface area (Å²) >= 11 is 0. The Balaban J connectivity index is 1.66. The van der Waals surface area contributed by atoms with Gasteiger partial charge in [0.25, 0.3) is 0 Å². The largest absolute Gasteiger partial charge is 0.353 e. The number of amides is 1. The summed E-state index contributed by atoms with van der Waals surface area (Å²) in [6.07, 6.45) is 5.40. The second-order valence-corrected chi connectivity index (χ2v) is 5.29. The Morgan fingerprint density at radius 2 is 2.00 bits per heavy atom. The van der Waals surface area contributed by atoms with Gasteiger partial charge in [-0.3, -0.25) is 4.79 Å². The number of carbonyl (C=O) groups is 1. The molecule has 2 rings (SSSR count). The van der Waals surface area contributed by atoms with Crippen molar-refractivity contribution in [1.82, 2.24) is 10.2 Å². The van der Waals surface area contributed by atoms with Crippen LogP contribution >= 0.6 is 0 Å². The fourth-order valence-corrected chi connectivity index (χ4v) is 2.43. The molecule has 0 bridgehead atoms. The van der Waals surface area contributed by atoms with Crippen molar-refractivity contribution in [3.63, 3.8) is 0 Å². The second kappa shape index (κ2) is 5.15. The van der Waals surface area contributed by atoms with Crippen LogP contribution in [-0.2, 0) is 4.79 Å². The molecular weight excluding hydrogens is 202 g/mol. The number of rotatable bonds is 4. The molecule has 1 aliphatic carbocycles. The minimum Gasteiger partial charge on any atom is -0.353 e. The average Bonchev–Trinajstić information content (AvgIpc) is 3.00. The minimum atomic E-state index is -0.0356. The van der Waals surface area contributed by atoms with Gasteiger partial charge in [0, 0.05) is 37.6 Å². The van der Waals surface area contributed by atoms with E-state index < -0.39 is 0 Å². The summed E-state index contributed by atoms with van der Waals surface area (Å²) < 4.78 is 0. The molecule has 2 aliphatic rings. The van der Waals surface area contributed by atoms with Crippen molar-refractivity contribution in [1.29, 1.82) is 0 Å². The molecule has 1 amide bonds. The first-order valence-electron chi connectivity index (χ1n) is 6.44. The zero-order chi connectivity index (χ0) is 11.5. The van der Waals surface area contributed by atoms with E-state index in [0.717, 1.165) is 32.0 Å². The fraction of sp³-hybridized carbons (Fsp3) is 0.917. The third-order valence-corrected chi connectivity index (χ3v) is 3.47. The molecule has 0 aromatic heterocycles. The molecule has 1 aliphatic heterocycles. The monoisotopic (exact) mass is 225 g/mol. The topological polar surface area (TPSA) is 58.4 Å². The van der Waals surface area contributed by atoms with E-state index in [4.69, 9.17) is 5.73 Å². The van der Waals surface area contributed by atoms with E-state index in [1.54, 1.807) is 0 Å². The highest BCUT2D eigenvalue weighted by atomic mass is 16.1. The van der Waals surface area contributed by atoms with Gasteiger partial charge in [0.1, 0.15) is 0 Å². The van der Waals surface area contributed by atoms with Gasteiger partial charge in [-0.05, 0) is 32.6 Å². The van der Waals surface area contributed by atoms with Gasteiger partial charge in [0.2, 0.25) is 5.91 Å². The lowest BCUT2D eigenvalue weighted by Gasteiger charge is -2.32. The third kappa shape index (κ3) is 3.46. The normalized spacial score (nSPS) is 25.4. The van der Waals surface area contributed by atoms with Crippen LogP contribution in [0.25, 0.3) is 0 Å². The van der Waals surface area contributed by atoms with Crippen molar-refractivity contribution >= 4 is 5.91 Å². The van der Waals surface area contributed by atoms with E-state index in [-0.39, 0.29) is 11.9 Å². The predicted octanol–water partition coefficient (Wildman–Crippen LogP) is 0.467. The summed E-state index contributed by atoms with van der Waals surface area (Å²) in [4.78, 5) is 14.1. The van der Waals surface area contributed by atoms with Gasteiger partial charge in [0.15, 0.2) is 0 Å². The maximum Gasteiger partial charge on any atom is 0.221 e. The van der Waals surface area contributed by atoms with Crippen LogP contribution in [-0.4, -0.2) is 42.0 Å². The Hall–Kier alpha value is -0.610. The standard InChI is InChI=1S/C12H23N3O/c1-9(13)8-12(16)14-10-4-6-15(7-5-10)11-2-3-11/h9-11H,2-8,13H2,1H3,(H,14,16). The van der Waals surface area contributed by atoms with E-state index in [1.165, 1.54) is 12.8 Å². The summed E-state index contributed by atoms with van der Waals surface area (Å²) in [7, 11) is 0. The lowest BCUT2D eigenvalue weighted by atomic mass is 10.0. The van der Waals surface area contributed by atoms with Crippen LogP contribution in [0.2, 0.25) is 0 Å². The van der Waals surface area contributed by atoms with E-state index in [9.17, 15) is 4.79 Å². The van der Waals surface area contributed by atoms with Gasteiger partial charge < -0.3 is 16.0 Å². The lowest BCUT2D eigenvalue weighted by molar-refractivity contribution is -0.122. The van der Waals surface area contributed by atoms with Crippen LogP contribution in [0.3, 0.4) is 0 Å². The quantitative estimate of drug-likeness (QED) is 0.731. The van der Waals surface area contributed by atoms with E-state index in [1.807, 2.05) is 6.92 Å². The van der Waals surface area contributed by atoms with Gasteiger partial charge in [-0.2, -0.15) is 0 Å². The molecule has 2 fully saturated rings. The molecule has 3 N–H and O–H groups in total. The Bertz CT molecular complexity index is 243. The van der Waals surface area contributed by atoms with Gasteiger partial charge in [-0.1, -0.05) is 0 Å². The molecule has 1 heterocycles. The Morgan fingerprint density at radius 3 is 2.50 bits per heavy atom. The molecular formula is C12H23N3O. The van der Waals surface area contributed by atoms with Crippen molar-refractivity contribution in [2.75, 3.05) is 13.1 Å². The maximum atomic E-state index is 11.5. The number of piperidine rings is 1. The molecule has 1 saturated heterocycles. The molecule has 1 unspecified atom stereocenters. The van der Waals surface area contributed by atoms with Crippen LogP contribution in [0, 0.1) is 0 Å². The van der Waals surface area contributed by atoms with Crippen molar-refractivity contribution in [3.8, 4) is 0 Å². The molecule has 4 nitrogen and oxygen atoms in total. The summed E-state index contributed by atoms with van der Waals surface area (Å²) in [5.74, 6) is 0.111. The maximum absolute atomic E-state index is 11.5. The Morgan fingerprint density at radius 1 is 1.38 bits per heavy atom. The van der Waals surface area contributed by atoms with Crippen LogP contribution in [0.15, 0.2) is 0 Å². The first-order valence-corrected chi connectivity index (χ1v) is 6.44. The summed E-state index contributed by atoms with van der Waals surface area (Å²) in [6.45, 7) is 4.16. The first-order chi connectivity index (χ1) is 7.65. The highest BCUT2D eigenvalue weighted by molar-refractivity contribution is 5.76. The molecule has 16 heavy (non-hydrogen) atoms. The SMILES string of the molecule is CC(N)CC(=O)NC1CCN(C2CC2)CC1. The zero-order valence-electron chi connectivity index (χ0n) is 10.1. The van der Waals surface area contributed by atoms with Crippen LogP contribution in [0.5, 0.6) is 0 Å². The van der Waals surface area contributed by atoms with Crippen LogP contribution in [0.4, 0.5) is 0 Å². The highest BCUT2D eigenvalue weighted by Gasteiger charge is 2.31. The van der Waals surface area contributed by atoms with Gasteiger partial charge >= 0.3 is 0 Å². The molecule has 92 valence electrons. The summed E-state index contributed by atoms with van der Waals surface area (Å²) in [5, 5.41) is 3.08. The summed E-state index contributed by atoms with van der Waals surface area (Å²) in [6, 6.07) is 1.20. The lowest BCUT2D eigenvalue weighted by Crippen LogP contribution is -2.46. The van der Waals surface area contributed by atoms with Gasteiger partial charge in [-0.15, -0.1) is 0 Å². The van der Waals surface area contributed by atoms with Gasteiger partial charge in [-0.25, -0.2) is 0 Å². The average molecular weight is 225 g/mol. The molecule has 0 aromatic carbocycles. The van der Waals surface area contributed by atoms with Crippen LogP contribution in [0.1, 0.15) is 39.0 Å². The number of nitrogens with two attached hydrogens (primary N) is 1. The van der Waals surface area contributed by atoms with E-state index >= 15 is 0 Å². The van der Waals surface area contributed by atoms with Crippen molar-refractivity contribution < 1.29 is 4.79 Å². The number of hydrogen-bond acceptors (Lipinski definition) is 3. The Kier molecular flexibility index (Phi) is 3.82. The molecule has 1 saturated carbocycles. The fourth-order valence-electron chi connectivity index (χ4n) is 2.43. The highest BCUT2D eigenvalue weighted by Crippen LogP contribution is 2.29. The van der Waals surface area contributed by atoms with Crippen LogP contribution < -0.4 is 11.1 Å². The third-order valence-electron chi connectivity index (χ3n) is 3.47. The predicted molar refractivity (Wildman–Crippen MR) is 64.0 cm³/mol. The summed E-state index contributed by atoms with van der Waals surface area (Å²) in [5.41, 5.74) is 5.60. The minimum absolute atomic E-state index is 0.0356. The molecule has 0 spiro atoms. The Labute approximate surface area is 97.6 Å². The molecule has 0 aromatic rings. The second-order valence-electron chi connectivity index (χ2n) is 5.29. The number of carbonyl (C=O) groups excluding carboxylic acids is 1. The molecule has 0 radical (unpaired) electrons. The number of hydrogen-bond donors (Lipinski definition) is 2. The van der Waals surface area contributed by atoms with Crippen molar-refractivity contribution in [2.45, 2.75) is 57.2 Å². The number of nitrogens with one attached hydrogen (secondary N) is 1.